The predicted molar refractivity (Wildman–Crippen MR) is 73.7 cm³/mol. The van der Waals surface area contributed by atoms with Gasteiger partial charge in [-0.3, -0.25) is 0 Å². The number of aryl methyl sites for hydroxylation is 1. The third-order valence-corrected chi connectivity index (χ3v) is 2.89. The first-order chi connectivity index (χ1) is 9.22. The number of hydrogen-bond acceptors (Lipinski definition) is 4. The fourth-order valence-electron chi connectivity index (χ4n) is 1.61. The SMILES string of the molecule is CCc1cnc(Cl)nc1OCc1ccc(OC)cc1. The minimum absolute atomic E-state index is 0.196. The molecule has 0 fully saturated rings. The van der Waals surface area contributed by atoms with Gasteiger partial charge in [0.1, 0.15) is 12.4 Å². The second-order valence-corrected chi connectivity index (χ2v) is 4.30. The summed E-state index contributed by atoms with van der Waals surface area (Å²) in [7, 11) is 1.64. The molecule has 0 N–H and O–H groups in total. The molecule has 0 aliphatic heterocycles. The first-order valence-corrected chi connectivity index (χ1v) is 6.38. The van der Waals surface area contributed by atoms with Crippen LogP contribution in [0.5, 0.6) is 11.6 Å². The first kappa shape index (κ1) is 13.6. The summed E-state index contributed by atoms with van der Waals surface area (Å²) < 4.78 is 10.8. The number of benzene rings is 1. The number of halogens is 1. The maximum absolute atomic E-state index is 5.78. The Morgan fingerprint density at radius 1 is 1.21 bits per heavy atom. The summed E-state index contributed by atoms with van der Waals surface area (Å²) >= 11 is 5.78. The summed E-state index contributed by atoms with van der Waals surface area (Å²) in [6.07, 6.45) is 2.49. The van der Waals surface area contributed by atoms with Crippen LogP contribution >= 0.6 is 11.6 Å². The summed E-state index contributed by atoms with van der Waals surface area (Å²) in [5.41, 5.74) is 1.98. The zero-order valence-corrected chi connectivity index (χ0v) is 11.6. The third kappa shape index (κ3) is 3.58. The molecule has 0 amide bonds. The molecule has 2 rings (SSSR count). The van der Waals surface area contributed by atoms with Gasteiger partial charge in [-0.1, -0.05) is 19.1 Å². The number of aromatic nitrogens is 2. The molecule has 0 atom stereocenters. The van der Waals surface area contributed by atoms with Crippen LogP contribution in [-0.4, -0.2) is 17.1 Å². The fourth-order valence-corrected chi connectivity index (χ4v) is 1.74. The number of hydrogen-bond donors (Lipinski definition) is 0. The molecule has 1 aromatic heterocycles. The number of nitrogens with zero attached hydrogens (tertiary/aromatic N) is 2. The van der Waals surface area contributed by atoms with Crippen LogP contribution in [0.4, 0.5) is 0 Å². The van der Waals surface area contributed by atoms with Gasteiger partial charge < -0.3 is 9.47 Å². The zero-order chi connectivity index (χ0) is 13.7. The molecule has 0 saturated carbocycles. The van der Waals surface area contributed by atoms with E-state index in [9.17, 15) is 0 Å². The Bertz CT molecular complexity index is 544. The molecule has 0 spiro atoms. The van der Waals surface area contributed by atoms with E-state index in [0.717, 1.165) is 23.3 Å². The van der Waals surface area contributed by atoms with Gasteiger partial charge in [-0.15, -0.1) is 0 Å². The van der Waals surface area contributed by atoms with Crippen molar-refractivity contribution in [3.8, 4) is 11.6 Å². The normalized spacial score (nSPS) is 10.3. The maximum Gasteiger partial charge on any atom is 0.225 e. The molecule has 1 heterocycles. The molecule has 0 aliphatic carbocycles. The van der Waals surface area contributed by atoms with Gasteiger partial charge in [0.25, 0.3) is 0 Å². The molecule has 4 nitrogen and oxygen atoms in total. The Hall–Kier alpha value is -1.81. The van der Waals surface area contributed by atoms with Gasteiger partial charge in [-0.05, 0) is 35.7 Å². The quantitative estimate of drug-likeness (QED) is 0.787. The first-order valence-electron chi connectivity index (χ1n) is 6.00. The minimum Gasteiger partial charge on any atom is -0.497 e. The summed E-state index contributed by atoms with van der Waals surface area (Å²) in [5.74, 6) is 1.36. The van der Waals surface area contributed by atoms with Gasteiger partial charge in [0, 0.05) is 11.8 Å². The topological polar surface area (TPSA) is 44.2 Å². The Labute approximate surface area is 117 Å². The maximum atomic E-state index is 5.78. The van der Waals surface area contributed by atoms with E-state index in [1.165, 1.54) is 0 Å². The van der Waals surface area contributed by atoms with Crippen molar-refractivity contribution in [2.75, 3.05) is 7.11 Å². The Morgan fingerprint density at radius 3 is 2.58 bits per heavy atom. The van der Waals surface area contributed by atoms with Crippen LogP contribution in [0.3, 0.4) is 0 Å². The van der Waals surface area contributed by atoms with Crippen molar-refractivity contribution >= 4 is 11.6 Å². The molecule has 0 unspecified atom stereocenters. The largest absolute Gasteiger partial charge is 0.497 e. The van der Waals surface area contributed by atoms with Crippen molar-refractivity contribution in [3.63, 3.8) is 0 Å². The van der Waals surface area contributed by atoms with E-state index in [1.807, 2.05) is 31.2 Å². The Balaban J connectivity index is 2.07. The molecule has 0 saturated heterocycles. The van der Waals surface area contributed by atoms with E-state index in [2.05, 4.69) is 9.97 Å². The Morgan fingerprint density at radius 2 is 1.95 bits per heavy atom. The van der Waals surface area contributed by atoms with Crippen molar-refractivity contribution in [2.45, 2.75) is 20.0 Å². The van der Waals surface area contributed by atoms with E-state index in [1.54, 1.807) is 13.3 Å². The molecule has 5 heteroatoms. The molecule has 0 bridgehead atoms. The molecule has 1 aromatic carbocycles. The fraction of sp³-hybridized carbons (Fsp3) is 0.286. The summed E-state index contributed by atoms with van der Waals surface area (Å²) in [5, 5.41) is 0.196. The van der Waals surface area contributed by atoms with Crippen LogP contribution < -0.4 is 9.47 Å². The van der Waals surface area contributed by atoms with E-state index >= 15 is 0 Å². The average Bonchev–Trinajstić information content (AvgIpc) is 2.46. The third-order valence-electron chi connectivity index (χ3n) is 2.71. The molecule has 100 valence electrons. The van der Waals surface area contributed by atoms with Gasteiger partial charge in [-0.2, -0.15) is 4.98 Å². The van der Waals surface area contributed by atoms with Crippen LogP contribution in [0.25, 0.3) is 0 Å². The highest BCUT2D eigenvalue weighted by Crippen LogP contribution is 2.19. The highest BCUT2D eigenvalue weighted by molar-refractivity contribution is 6.28. The van der Waals surface area contributed by atoms with Gasteiger partial charge in [0.2, 0.25) is 11.2 Å². The zero-order valence-electron chi connectivity index (χ0n) is 10.9. The molecule has 19 heavy (non-hydrogen) atoms. The summed E-state index contributed by atoms with van der Waals surface area (Å²) in [6.45, 7) is 2.46. The lowest BCUT2D eigenvalue weighted by molar-refractivity contribution is 0.290. The van der Waals surface area contributed by atoms with Crippen LogP contribution in [0.1, 0.15) is 18.1 Å². The lowest BCUT2D eigenvalue weighted by atomic mass is 10.2. The van der Waals surface area contributed by atoms with Gasteiger partial charge in [0.05, 0.1) is 7.11 Å². The van der Waals surface area contributed by atoms with Crippen LogP contribution in [-0.2, 0) is 13.0 Å². The van der Waals surface area contributed by atoms with Gasteiger partial charge in [0.15, 0.2) is 0 Å². The minimum atomic E-state index is 0.196. The van der Waals surface area contributed by atoms with E-state index in [-0.39, 0.29) is 5.28 Å². The molecule has 2 aromatic rings. The van der Waals surface area contributed by atoms with Crippen molar-refractivity contribution in [1.29, 1.82) is 0 Å². The summed E-state index contributed by atoms with van der Waals surface area (Å²) in [6, 6.07) is 7.69. The van der Waals surface area contributed by atoms with Crippen molar-refractivity contribution in [3.05, 3.63) is 46.9 Å². The van der Waals surface area contributed by atoms with Crippen LogP contribution in [0, 0.1) is 0 Å². The number of rotatable bonds is 5. The smallest absolute Gasteiger partial charge is 0.225 e. The Kier molecular flexibility index (Phi) is 4.58. The van der Waals surface area contributed by atoms with Crippen molar-refractivity contribution in [2.24, 2.45) is 0 Å². The van der Waals surface area contributed by atoms with Crippen LogP contribution in [0.2, 0.25) is 5.28 Å². The molecule has 0 aliphatic rings. The van der Waals surface area contributed by atoms with Crippen LogP contribution in [0.15, 0.2) is 30.5 Å². The molecular weight excluding hydrogens is 264 g/mol. The second-order valence-electron chi connectivity index (χ2n) is 3.96. The van der Waals surface area contributed by atoms with E-state index in [4.69, 9.17) is 21.1 Å². The standard InChI is InChI=1S/C14H15ClN2O2/c1-3-11-8-16-14(15)17-13(11)19-9-10-4-6-12(18-2)7-5-10/h4-8H,3,9H2,1-2H3. The van der Waals surface area contributed by atoms with Gasteiger partial charge in [-0.25, -0.2) is 4.98 Å². The molecular formula is C14H15ClN2O2. The van der Waals surface area contributed by atoms with E-state index in [0.29, 0.717) is 12.5 Å². The lowest BCUT2D eigenvalue weighted by Gasteiger charge is -2.09. The predicted octanol–water partition coefficient (Wildman–Crippen LogP) is 3.28. The van der Waals surface area contributed by atoms with Crippen molar-refractivity contribution < 1.29 is 9.47 Å². The van der Waals surface area contributed by atoms with Crippen molar-refractivity contribution in [1.82, 2.24) is 9.97 Å². The highest BCUT2D eigenvalue weighted by atomic mass is 35.5. The number of methoxy groups -OCH3 is 1. The summed E-state index contributed by atoms with van der Waals surface area (Å²) in [4.78, 5) is 8.05. The van der Waals surface area contributed by atoms with Gasteiger partial charge >= 0.3 is 0 Å². The second kappa shape index (κ2) is 6.38. The monoisotopic (exact) mass is 278 g/mol. The molecule has 0 radical (unpaired) electrons. The average molecular weight is 279 g/mol. The van der Waals surface area contributed by atoms with E-state index < -0.39 is 0 Å². The highest BCUT2D eigenvalue weighted by Gasteiger charge is 2.06. The number of ether oxygens (including phenoxy) is 2. The lowest BCUT2D eigenvalue weighted by Crippen LogP contribution is -2.01.